The molecule has 0 N–H and O–H groups in total. The van der Waals surface area contributed by atoms with Gasteiger partial charge in [0, 0.05) is 24.4 Å². The smallest absolute Gasteiger partial charge is 0.227 e. The standard InChI is InChI=1S/C11H9N7O/c12-2-1-10(9(4-13)5-14)18-7-8(3-11(18)19)6-16-17-15/h8H,1,3,6-7H2. The Kier molecular flexibility index (Phi) is 4.93. The van der Waals surface area contributed by atoms with Gasteiger partial charge in [-0.1, -0.05) is 5.11 Å². The van der Waals surface area contributed by atoms with Gasteiger partial charge in [-0.25, -0.2) is 0 Å². The van der Waals surface area contributed by atoms with Crippen molar-refractivity contribution < 1.29 is 4.79 Å². The molecule has 8 nitrogen and oxygen atoms in total. The monoisotopic (exact) mass is 255 g/mol. The topological polar surface area (TPSA) is 140 Å². The second kappa shape index (κ2) is 6.66. The van der Waals surface area contributed by atoms with Gasteiger partial charge >= 0.3 is 0 Å². The highest BCUT2D eigenvalue weighted by molar-refractivity contribution is 5.81. The number of likely N-dealkylation sites (tertiary alicyclic amines) is 1. The number of carbonyl (C=O) groups excluding carboxylic acids is 1. The average molecular weight is 255 g/mol. The summed E-state index contributed by atoms with van der Waals surface area (Å²) in [6.07, 6.45) is -0.00544. The van der Waals surface area contributed by atoms with Crippen LogP contribution in [0.3, 0.4) is 0 Å². The van der Waals surface area contributed by atoms with Crippen LogP contribution >= 0.6 is 0 Å². The maximum Gasteiger partial charge on any atom is 0.227 e. The van der Waals surface area contributed by atoms with Crippen molar-refractivity contribution in [2.75, 3.05) is 13.1 Å². The van der Waals surface area contributed by atoms with Crippen molar-refractivity contribution in [1.29, 1.82) is 15.8 Å². The van der Waals surface area contributed by atoms with Gasteiger partial charge in [0.25, 0.3) is 0 Å². The van der Waals surface area contributed by atoms with Crippen molar-refractivity contribution >= 4 is 5.91 Å². The molecule has 0 saturated carbocycles. The van der Waals surface area contributed by atoms with Crippen LogP contribution in [-0.4, -0.2) is 23.9 Å². The fourth-order valence-electron chi connectivity index (χ4n) is 1.86. The highest BCUT2D eigenvalue weighted by Crippen LogP contribution is 2.25. The summed E-state index contributed by atoms with van der Waals surface area (Å²) in [4.78, 5) is 15.7. The second-order valence-corrected chi connectivity index (χ2v) is 3.87. The molecule has 0 radical (unpaired) electrons. The van der Waals surface area contributed by atoms with E-state index in [1.54, 1.807) is 12.1 Å². The molecular weight excluding hydrogens is 246 g/mol. The first-order valence-corrected chi connectivity index (χ1v) is 5.39. The summed E-state index contributed by atoms with van der Waals surface area (Å²) in [5.74, 6) is -0.429. The van der Waals surface area contributed by atoms with Gasteiger partial charge in [-0.3, -0.25) is 4.79 Å². The van der Waals surface area contributed by atoms with E-state index >= 15 is 0 Å². The van der Waals surface area contributed by atoms with E-state index in [0.29, 0.717) is 0 Å². The molecule has 1 rings (SSSR count). The fraction of sp³-hybridized carbons (Fsp3) is 0.455. The quantitative estimate of drug-likeness (QED) is 0.323. The summed E-state index contributed by atoms with van der Waals surface area (Å²) >= 11 is 0. The third-order valence-electron chi connectivity index (χ3n) is 2.69. The third-order valence-corrected chi connectivity index (χ3v) is 2.69. The lowest BCUT2D eigenvalue weighted by molar-refractivity contribution is -0.126. The Morgan fingerprint density at radius 1 is 1.47 bits per heavy atom. The largest absolute Gasteiger partial charge is 0.313 e. The average Bonchev–Trinajstić information content (AvgIpc) is 2.77. The zero-order chi connectivity index (χ0) is 14.3. The Morgan fingerprint density at radius 3 is 2.68 bits per heavy atom. The molecule has 1 amide bonds. The number of carbonyl (C=O) groups is 1. The lowest BCUT2D eigenvalue weighted by atomic mass is 10.1. The van der Waals surface area contributed by atoms with Crippen molar-refractivity contribution in [3.05, 3.63) is 21.7 Å². The molecule has 19 heavy (non-hydrogen) atoms. The summed E-state index contributed by atoms with van der Waals surface area (Å²) in [7, 11) is 0. The van der Waals surface area contributed by atoms with Crippen LogP contribution in [0.4, 0.5) is 0 Å². The molecule has 1 aliphatic rings. The molecule has 0 spiro atoms. The van der Waals surface area contributed by atoms with Crippen molar-refractivity contribution in [3.8, 4) is 18.2 Å². The summed E-state index contributed by atoms with van der Waals surface area (Å²) in [5.41, 5.74) is 8.13. The van der Waals surface area contributed by atoms with Gasteiger partial charge in [-0.05, 0) is 11.4 Å². The number of allylic oxidation sites excluding steroid dienone is 2. The van der Waals surface area contributed by atoms with Gasteiger partial charge < -0.3 is 4.90 Å². The molecule has 0 bridgehead atoms. The van der Waals surface area contributed by atoms with E-state index in [-0.39, 0.29) is 49.0 Å². The molecule has 94 valence electrons. The molecule has 1 aliphatic heterocycles. The number of hydrogen-bond acceptors (Lipinski definition) is 5. The molecular formula is C11H9N7O. The van der Waals surface area contributed by atoms with Crippen LogP contribution in [0.5, 0.6) is 0 Å². The predicted molar refractivity (Wildman–Crippen MR) is 62.3 cm³/mol. The first-order chi connectivity index (χ1) is 9.17. The van der Waals surface area contributed by atoms with Gasteiger partial charge in [-0.2, -0.15) is 15.8 Å². The van der Waals surface area contributed by atoms with E-state index in [2.05, 4.69) is 10.0 Å². The van der Waals surface area contributed by atoms with Gasteiger partial charge in [-0.15, -0.1) is 0 Å². The number of azide groups is 1. The van der Waals surface area contributed by atoms with Crippen LogP contribution in [0.15, 0.2) is 16.4 Å². The zero-order valence-corrected chi connectivity index (χ0v) is 9.94. The Labute approximate surface area is 109 Å². The van der Waals surface area contributed by atoms with Crippen molar-refractivity contribution in [1.82, 2.24) is 4.90 Å². The SMILES string of the molecule is N#CCC(=C(C#N)C#N)N1CC(CN=[N+]=[N-])CC1=O. The number of hydrogen-bond donors (Lipinski definition) is 0. The molecule has 1 fully saturated rings. The molecule has 1 heterocycles. The lowest BCUT2D eigenvalue weighted by Gasteiger charge is -2.18. The Hall–Kier alpha value is -3.01. The molecule has 0 aliphatic carbocycles. The first-order valence-electron chi connectivity index (χ1n) is 5.39. The predicted octanol–water partition coefficient (Wildman–Crippen LogP) is 1.36. The van der Waals surface area contributed by atoms with Crippen LogP contribution in [0.2, 0.25) is 0 Å². The number of amides is 1. The number of nitriles is 3. The second-order valence-electron chi connectivity index (χ2n) is 3.87. The van der Waals surface area contributed by atoms with Crippen LogP contribution in [-0.2, 0) is 4.79 Å². The maximum absolute atomic E-state index is 11.8. The molecule has 0 aromatic heterocycles. The van der Waals surface area contributed by atoms with Crippen LogP contribution in [0.25, 0.3) is 10.4 Å². The summed E-state index contributed by atoms with van der Waals surface area (Å²) in [5, 5.41) is 29.8. The first kappa shape index (κ1) is 14.1. The lowest BCUT2D eigenvalue weighted by Crippen LogP contribution is -2.25. The molecule has 8 heteroatoms. The highest BCUT2D eigenvalue weighted by Gasteiger charge is 2.32. The van der Waals surface area contributed by atoms with E-state index in [1.165, 1.54) is 4.90 Å². The Bertz CT molecular complexity index is 564. The van der Waals surface area contributed by atoms with E-state index in [1.807, 2.05) is 6.07 Å². The van der Waals surface area contributed by atoms with E-state index in [4.69, 9.17) is 21.3 Å². The molecule has 1 atom stereocenters. The third kappa shape index (κ3) is 3.23. The number of nitrogens with zero attached hydrogens (tertiary/aromatic N) is 7. The van der Waals surface area contributed by atoms with Crippen LogP contribution in [0, 0.1) is 39.9 Å². The Balaban J connectivity index is 3.01. The van der Waals surface area contributed by atoms with Crippen molar-refractivity contribution in [3.63, 3.8) is 0 Å². The van der Waals surface area contributed by atoms with Gasteiger partial charge in [0.2, 0.25) is 5.91 Å². The van der Waals surface area contributed by atoms with E-state index in [9.17, 15) is 4.79 Å². The van der Waals surface area contributed by atoms with Crippen LogP contribution in [0.1, 0.15) is 12.8 Å². The summed E-state index contributed by atoms with van der Waals surface area (Å²) < 4.78 is 0. The molecule has 0 aromatic carbocycles. The van der Waals surface area contributed by atoms with Crippen molar-refractivity contribution in [2.24, 2.45) is 11.0 Å². The molecule has 0 aromatic rings. The Morgan fingerprint density at radius 2 is 2.16 bits per heavy atom. The summed E-state index contributed by atoms with van der Waals surface area (Å²) in [6, 6.07) is 5.20. The normalized spacial score (nSPS) is 16.8. The van der Waals surface area contributed by atoms with Crippen molar-refractivity contribution in [2.45, 2.75) is 12.8 Å². The fourth-order valence-corrected chi connectivity index (χ4v) is 1.86. The minimum Gasteiger partial charge on any atom is -0.313 e. The maximum atomic E-state index is 11.8. The molecule has 1 unspecified atom stereocenters. The van der Waals surface area contributed by atoms with Gasteiger partial charge in [0.05, 0.1) is 18.2 Å². The number of rotatable bonds is 4. The van der Waals surface area contributed by atoms with Gasteiger partial charge in [0.15, 0.2) is 0 Å². The molecule has 1 saturated heterocycles. The summed E-state index contributed by atoms with van der Waals surface area (Å²) in [6.45, 7) is 0.425. The van der Waals surface area contributed by atoms with E-state index < -0.39 is 0 Å². The minimum atomic E-state index is -0.272. The zero-order valence-electron chi connectivity index (χ0n) is 9.94. The van der Waals surface area contributed by atoms with Gasteiger partial charge in [0.1, 0.15) is 17.7 Å². The highest BCUT2D eigenvalue weighted by atomic mass is 16.2. The van der Waals surface area contributed by atoms with Crippen LogP contribution < -0.4 is 0 Å². The minimum absolute atomic E-state index is 0.126. The van der Waals surface area contributed by atoms with E-state index in [0.717, 1.165) is 0 Å².